The van der Waals surface area contributed by atoms with E-state index in [1.807, 2.05) is 18.2 Å². The van der Waals surface area contributed by atoms with E-state index in [1.165, 1.54) is 31.4 Å². The van der Waals surface area contributed by atoms with E-state index in [1.54, 1.807) is 24.3 Å². The molecule has 0 heterocycles. The number of ether oxygens (including phenoxy) is 1. The van der Waals surface area contributed by atoms with E-state index in [4.69, 9.17) is 4.74 Å². The number of rotatable bonds is 8. The number of amides is 1. The number of benzene rings is 2. The molecule has 0 saturated carbocycles. The Labute approximate surface area is 182 Å². The molecule has 0 aliphatic heterocycles. The van der Waals surface area contributed by atoms with Gasteiger partial charge in [-0.1, -0.05) is 12.1 Å². The second kappa shape index (κ2) is 10.2. The molecular weight excluding hydrogens is 394 g/mol. The maximum atomic E-state index is 12.5. The number of carbonyl (C=O) groups is 4. The van der Waals surface area contributed by atoms with Crippen LogP contribution in [-0.2, 0) is 27.2 Å². The largest absolute Gasteiger partial charge is 0.453 e. The van der Waals surface area contributed by atoms with Gasteiger partial charge in [0.2, 0.25) is 0 Å². The Morgan fingerprint density at radius 2 is 1.55 bits per heavy atom. The molecule has 0 spiro atoms. The maximum Gasteiger partial charge on any atom is 0.307 e. The van der Waals surface area contributed by atoms with E-state index >= 15 is 0 Å². The summed E-state index contributed by atoms with van der Waals surface area (Å²) in [7, 11) is 0. The lowest BCUT2D eigenvalue weighted by molar-refractivity contribution is -0.153. The van der Waals surface area contributed by atoms with Crippen molar-refractivity contribution >= 4 is 29.1 Å². The van der Waals surface area contributed by atoms with Gasteiger partial charge < -0.3 is 10.1 Å². The van der Waals surface area contributed by atoms with Gasteiger partial charge in [0.1, 0.15) is 0 Å². The van der Waals surface area contributed by atoms with Crippen molar-refractivity contribution in [2.45, 2.75) is 58.5 Å². The van der Waals surface area contributed by atoms with E-state index in [0.717, 1.165) is 19.3 Å². The smallest absolute Gasteiger partial charge is 0.307 e. The van der Waals surface area contributed by atoms with Gasteiger partial charge in [-0.3, -0.25) is 19.2 Å². The van der Waals surface area contributed by atoms with Crippen molar-refractivity contribution in [1.82, 2.24) is 0 Å². The zero-order chi connectivity index (χ0) is 22.4. The summed E-state index contributed by atoms with van der Waals surface area (Å²) in [5.41, 5.74) is 4.19. The summed E-state index contributed by atoms with van der Waals surface area (Å²) in [5.74, 6) is -1.25. The lowest BCUT2D eigenvalue weighted by Crippen LogP contribution is -2.30. The van der Waals surface area contributed by atoms with Crippen LogP contribution in [0.3, 0.4) is 0 Å². The van der Waals surface area contributed by atoms with Crippen LogP contribution in [-0.4, -0.2) is 29.5 Å². The third-order valence-electron chi connectivity index (χ3n) is 5.46. The Balaban J connectivity index is 1.46. The molecule has 0 fully saturated rings. The first-order chi connectivity index (χ1) is 14.8. The summed E-state index contributed by atoms with van der Waals surface area (Å²) in [6.07, 6.45) is 3.32. The highest BCUT2D eigenvalue weighted by Gasteiger charge is 2.19. The minimum Gasteiger partial charge on any atom is -0.453 e. The number of hydrogen-bond donors (Lipinski definition) is 1. The minimum absolute atomic E-state index is 0.0401. The van der Waals surface area contributed by atoms with Gasteiger partial charge in [0.15, 0.2) is 17.7 Å². The molecule has 2 aromatic carbocycles. The molecule has 1 aliphatic carbocycles. The third-order valence-corrected chi connectivity index (χ3v) is 5.46. The number of hydrogen-bond acceptors (Lipinski definition) is 5. The zero-order valence-corrected chi connectivity index (χ0v) is 17.9. The number of fused-ring (bicyclic) bond motifs is 1. The summed E-state index contributed by atoms with van der Waals surface area (Å²) in [4.78, 5) is 48.1. The van der Waals surface area contributed by atoms with Crippen LogP contribution in [0.4, 0.5) is 5.69 Å². The number of esters is 1. The molecule has 0 bridgehead atoms. The van der Waals surface area contributed by atoms with E-state index in [2.05, 4.69) is 5.32 Å². The fourth-order valence-corrected chi connectivity index (χ4v) is 3.61. The molecule has 3 rings (SSSR count). The van der Waals surface area contributed by atoms with E-state index < -0.39 is 18.0 Å². The van der Waals surface area contributed by atoms with E-state index in [-0.39, 0.29) is 24.4 Å². The summed E-state index contributed by atoms with van der Waals surface area (Å²) in [6.45, 7) is 2.94. The molecule has 6 heteroatoms. The number of Topliss-reactive ketones (excluding diaryl/α,β-unsaturated/α-hetero) is 2. The Hall–Kier alpha value is -3.28. The Bertz CT molecular complexity index is 993. The van der Waals surface area contributed by atoms with Gasteiger partial charge in [0.25, 0.3) is 5.91 Å². The van der Waals surface area contributed by atoms with Gasteiger partial charge in [-0.05, 0) is 81.0 Å². The summed E-state index contributed by atoms with van der Waals surface area (Å²) in [5, 5.41) is 2.64. The first-order valence-corrected chi connectivity index (χ1v) is 10.6. The van der Waals surface area contributed by atoms with Crippen LogP contribution in [0.2, 0.25) is 0 Å². The third kappa shape index (κ3) is 6.10. The van der Waals surface area contributed by atoms with Crippen molar-refractivity contribution in [2.24, 2.45) is 0 Å². The highest BCUT2D eigenvalue weighted by atomic mass is 16.5. The second-order valence-electron chi connectivity index (χ2n) is 7.87. The van der Waals surface area contributed by atoms with Crippen LogP contribution >= 0.6 is 0 Å². The van der Waals surface area contributed by atoms with Gasteiger partial charge >= 0.3 is 5.97 Å². The fourth-order valence-electron chi connectivity index (χ4n) is 3.61. The van der Waals surface area contributed by atoms with Crippen LogP contribution in [0.25, 0.3) is 0 Å². The molecule has 2 aromatic rings. The van der Waals surface area contributed by atoms with Crippen LogP contribution in [0.15, 0.2) is 42.5 Å². The predicted molar refractivity (Wildman–Crippen MR) is 117 cm³/mol. The fraction of sp³-hybridized carbons (Fsp3) is 0.360. The molecule has 31 heavy (non-hydrogen) atoms. The lowest BCUT2D eigenvalue weighted by Gasteiger charge is -2.16. The van der Waals surface area contributed by atoms with Crippen molar-refractivity contribution in [1.29, 1.82) is 0 Å². The Morgan fingerprint density at radius 3 is 2.23 bits per heavy atom. The summed E-state index contributed by atoms with van der Waals surface area (Å²) >= 11 is 0. The average molecular weight is 421 g/mol. The number of ketones is 2. The second-order valence-corrected chi connectivity index (χ2v) is 7.87. The van der Waals surface area contributed by atoms with Crippen molar-refractivity contribution in [3.8, 4) is 0 Å². The Kier molecular flexibility index (Phi) is 7.34. The van der Waals surface area contributed by atoms with Crippen molar-refractivity contribution in [3.63, 3.8) is 0 Å². The number of carbonyl (C=O) groups excluding carboxylic acids is 4. The molecule has 0 radical (unpaired) electrons. The highest BCUT2D eigenvalue weighted by molar-refractivity contribution is 5.99. The van der Waals surface area contributed by atoms with Crippen LogP contribution in [0.5, 0.6) is 0 Å². The van der Waals surface area contributed by atoms with Crippen LogP contribution in [0.1, 0.15) is 71.4 Å². The monoisotopic (exact) mass is 421 g/mol. The normalized spacial score (nSPS) is 13.6. The number of anilines is 1. The zero-order valence-electron chi connectivity index (χ0n) is 17.9. The molecule has 1 N–H and O–H groups in total. The molecule has 0 aromatic heterocycles. The minimum atomic E-state index is -1.00. The molecule has 0 saturated heterocycles. The number of nitrogens with one attached hydrogen (secondary N) is 1. The summed E-state index contributed by atoms with van der Waals surface area (Å²) < 4.78 is 5.17. The van der Waals surface area contributed by atoms with E-state index in [9.17, 15) is 19.2 Å². The first kappa shape index (κ1) is 22.4. The van der Waals surface area contributed by atoms with Crippen LogP contribution in [0, 0.1) is 0 Å². The van der Waals surface area contributed by atoms with Gasteiger partial charge in [0.05, 0.1) is 6.42 Å². The van der Waals surface area contributed by atoms with Gasteiger partial charge in [-0.2, -0.15) is 0 Å². The SMILES string of the molecule is CC(=O)c1ccc(NC(=O)[C@H](C)OC(=O)CCC(=O)c2ccc3c(c2)CCCC3)cc1. The van der Waals surface area contributed by atoms with Gasteiger partial charge in [-0.25, -0.2) is 0 Å². The molecule has 0 unspecified atom stereocenters. The molecule has 1 atom stereocenters. The van der Waals surface area contributed by atoms with Gasteiger partial charge in [0, 0.05) is 23.2 Å². The average Bonchev–Trinajstić information content (AvgIpc) is 2.77. The molecular formula is C25H27NO5. The van der Waals surface area contributed by atoms with Crippen molar-refractivity contribution < 1.29 is 23.9 Å². The topological polar surface area (TPSA) is 89.5 Å². The number of aryl methyl sites for hydroxylation is 2. The standard InChI is InChI=1S/C25H27NO5/c1-16(27)18-9-11-22(12-10-18)26-25(30)17(2)31-24(29)14-13-23(28)21-8-7-19-5-3-4-6-20(19)15-21/h7-12,15,17H,3-6,13-14H2,1-2H3,(H,26,30)/t17-/m0/s1. The molecule has 6 nitrogen and oxygen atoms in total. The highest BCUT2D eigenvalue weighted by Crippen LogP contribution is 2.23. The lowest BCUT2D eigenvalue weighted by atomic mass is 9.89. The van der Waals surface area contributed by atoms with Crippen molar-refractivity contribution in [3.05, 3.63) is 64.7 Å². The molecule has 1 amide bonds. The summed E-state index contributed by atoms with van der Waals surface area (Å²) in [6, 6.07) is 12.2. The molecule has 1 aliphatic rings. The Morgan fingerprint density at radius 1 is 0.903 bits per heavy atom. The van der Waals surface area contributed by atoms with Gasteiger partial charge in [-0.15, -0.1) is 0 Å². The first-order valence-electron chi connectivity index (χ1n) is 10.6. The van der Waals surface area contributed by atoms with Crippen molar-refractivity contribution in [2.75, 3.05) is 5.32 Å². The van der Waals surface area contributed by atoms with Crippen LogP contribution < -0.4 is 5.32 Å². The van der Waals surface area contributed by atoms with E-state index in [0.29, 0.717) is 16.8 Å². The predicted octanol–water partition coefficient (Wildman–Crippen LogP) is 4.30. The molecule has 162 valence electrons. The quantitative estimate of drug-likeness (QED) is 0.507. The maximum absolute atomic E-state index is 12.5.